The van der Waals surface area contributed by atoms with Crippen LogP contribution in [0, 0.1) is 5.41 Å². The van der Waals surface area contributed by atoms with E-state index in [1.807, 2.05) is 0 Å². The lowest BCUT2D eigenvalue weighted by molar-refractivity contribution is -0.139. The lowest BCUT2D eigenvalue weighted by atomic mass is 9.79. The quantitative estimate of drug-likeness (QED) is 0.326. The van der Waals surface area contributed by atoms with Crippen LogP contribution in [0.1, 0.15) is 33.1 Å². The molecule has 0 aromatic heterocycles. The Balaban J connectivity index is 3.02. The Morgan fingerprint density at radius 1 is 1.45 bits per heavy atom. The lowest BCUT2D eigenvalue weighted by Crippen LogP contribution is -2.52. The van der Waals surface area contributed by atoms with Crippen LogP contribution in [0.2, 0.25) is 0 Å². The van der Waals surface area contributed by atoms with Crippen LogP contribution in [-0.4, -0.2) is 54.9 Å². The molecule has 0 radical (unpaired) electrons. The maximum atomic E-state index is 12.7. The molecule has 1 fully saturated rings. The molecule has 0 aromatic rings. The fourth-order valence-corrected chi connectivity index (χ4v) is 4.48. The second-order valence-electron chi connectivity index (χ2n) is 5.25. The largest absolute Gasteiger partial charge is 0.409 e. The maximum Gasteiger partial charge on any atom is 0.236 e. The van der Waals surface area contributed by atoms with Crippen LogP contribution in [0.5, 0.6) is 0 Å². The Morgan fingerprint density at radius 2 is 2.00 bits per heavy atom. The summed E-state index contributed by atoms with van der Waals surface area (Å²) in [7, 11) is -1.48. The van der Waals surface area contributed by atoms with Crippen molar-refractivity contribution < 1.29 is 18.4 Å². The van der Waals surface area contributed by atoms with Gasteiger partial charge in [-0.3, -0.25) is 4.79 Å². The van der Waals surface area contributed by atoms with Crippen LogP contribution in [0.25, 0.3) is 0 Å². The van der Waals surface area contributed by atoms with E-state index in [-0.39, 0.29) is 29.3 Å². The minimum absolute atomic E-state index is 0.0189. The second kappa shape index (κ2) is 5.99. The number of hydrogen-bond donors (Lipinski definition) is 2. The van der Waals surface area contributed by atoms with Crippen LogP contribution in [0.15, 0.2) is 5.16 Å². The smallest absolute Gasteiger partial charge is 0.236 e. The zero-order valence-electron chi connectivity index (χ0n) is 12.2. The van der Waals surface area contributed by atoms with Crippen LogP contribution in [-0.2, 0) is 14.6 Å². The van der Waals surface area contributed by atoms with Gasteiger partial charge in [-0.05, 0) is 19.3 Å². The number of nitrogens with zero attached hydrogens (tertiary/aromatic N) is 2. The van der Waals surface area contributed by atoms with Crippen molar-refractivity contribution in [1.29, 1.82) is 0 Å². The Kier molecular flexibility index (Phi) is 5.01. The predicted molar refractivity (Wildman–Crippen MR) is 76.3 cm³/mol. The maximum absolute atomic E-state index is 12.7. The minimum atomic E-state index is -3.06. The molecule has 0 spiro atoms. The first-order chi connectivity index (χ1) is 9.24. The van der Waals surface area contributed by atoms with Crippen molar-refractivity contribution in [2.75, 3.05) is 18.6 Å². The number of rotatable bonds is 5. The second-order valence-corrected chi connectivity index (χ2v) is 7.48. The van der Waals surface area contributed by atoms with E-state index < -0.39 is 15.3 Å². The molecule has 3 N–H and O–H groups in total. The summed E-state index contributed by atoms with van der Waals surface area (Å²) in [6.07, 6.45) is 1.22. The van der Waals surface area contributed by atoms with Gasteiger partial charge in [0.2, 0.25) is 5.91 Å². The van der Waals surface area contributed by atoms with E-state index in [9.17, 15) is 13.2 Å². The standard InChI is InChI=1S/C12H23N3O4S/c1-4-12(5-2,10(13)14-17)11(16)15(3)9-6-7-20(18,19)8-9/h9,17H,4-8H2,1-3H3,(H2,13,14). The summed E-state index contributed by atoms with van der Waals surface area (Å²) in [4.78, 5) is 14.1. The molecule has 1 rings (SSSR count). The third-order valence-electron chi connectivity index (χ3n) is 4.29. The van der Waals surface area contributed by atoms with Crippen LogP contribution >= 0.6 is 0 Å². The van der Waals surface area contributed by atoms with Crippen molar-refractivity contribution in [1.82, 2.24) is 4.90 Å². The zero-order chi connectivity index (χ0) is 15.6. The Morgan fingerprint density at radius 3 is 2.35 bits per heavy atom. The van der Waals surface area contributed by atoms with Gasteiger partial charge in [0, 0.05) is 13.1 Å². The molecule has 1 heterocycles. The van der Waals surface area contributed by atoms with Crippen molar-refractivity contribution in [3.05, 3.63) is 0 Å². The number of nitrogens with two attached hydrogens (primary N) is 1. The minimum Gasteiger partial charge on any atom is -0.409 e. The zero-order valence-corrected chi connectivity index (χ0v) is 13.0. The molecule has 0 aliphatic carbocycles. The molecule has 1 aliphatic rings. The first-order valence-electron chi connectivity index (χ1n) is 6.69. The lowest BCUT2D eigenvalue weighted by Gasteiger charge is -2.35. The summed E-state index contributed by atoms with van der Waals surface area (Å²) in [5, 5.41) is 11.9. The molecule has 8 heteroatoms. The highest BCUT2D eigenvalue weighted by Crippen LogP contribution is 2.31. The molecular weight excluding hydrogens is 282 g/mol. The van der Waals surface area contributed by atoms with Gasteiger partial charge in [0.15, 0.2) is 15.7 Å². The van der Waals surface area contributed by atoms with E-state index in [2.05, 4.69) is 5.16 Å². The monoisotopic (exact) mass is 305 g/mol. The van der Waals surface area contributed by atoms with Gasteiger partial charge in [-0.2, -0.15) is 0 Å². The van der Waals surface area contributed by atoms with Crippen molar-refractivity contribution in [2.24, 2.45) is 16.3 Å². The summed E-state index contributed by atoms with van der Waals surface area (Å²) >= 11 is 0. The number of hydrogen-bond acceptors (Lipinski definition) is 5. The fourth-order valence-electron chi connectivity index (χ4n) is 2.70. The molecule has 0 saturated carbocycles. The molecule has 20 heavy (non-hydrogen) atoms. The third kappa shape index (κ3) is 2.89. The van der Waals surface area contributed by atoms with Crippen molar-refractivity contribution in [3.63, 3.8) is 0 Å². The highest BCUT2D eigenvalue weighted by molar-refractivity contribution is 7.91. The average molecular weight is 305 g/mol. The Labute approximate surface area is 119 Å². The Hall–Kier alpha value is -1.31. The fraction of sp³-hybridized carbons (Fsp3) is 0.833. The predicted octanol–water partition coefficient (Wildman–Crippen LogP) is 0.185. The van der Waals surface area contributed by atoms with E-state index in [4.69, 9.17) is 10.9 Å². The Bertz CT molecular complexity index is 497. The SMILES string of the molecule is CCC(CC)(C(=O)N(C)C1CCS(=O)(=O)C1)C(N)=NO. The normalized spacial score (nSPS) is 22.8. The van der Waals surface area contributed by atoms with Crippen LogP contribution in [0.4, 0.5) is 0 Å². The van der Waals surface area contributed by atoms with Crippen molar-refractivity contribution >= 4 is 21.6 Å². The van der Waals surface area contributed by atoms with Gasteiger partial charge >= 0.3 is 0 Å². The molecular formula is C12H23N3O4S. The van der Waals surface area contributed by atoms with E-state index in [1.54, 1.807) is 20.9 Å². The van der Waals surface area contributed by atoms with E-state index in [1.165, 1.54) is 4.90 Å². The van der Waals surface area contributed by atoms with E-state index in [0.717, 1.165) is 0 Å². The molecule has 116 valence electrons. The van der Waals surface area contributed by atoms with Gasteiger partial charge in [0.05, 0.1) is 11.5 Å². The summed E-state index contributed by atoms with van der Waals surface area (Å²) in [6.45, 7) is 3.58. The number of sulfone groups is 1. The van der Waals surface area contributed by atoms with Crippen LogP contribution < -0.4 is 5.73 Å². The van der Waals surface area contributed by atoms with Crippen molar-refractivity contribution in [3.8, 4) is 0 Å². The summed E-state index contributed by atoms with van der Waals surface area (Å²) in [5.74, 6) is -0.334. The molecule has 7 nitrogen and oxygen atoms in total. The third-order valence-corrected chi connectivity index (χ3v) is 6.04. The van der Waals surface area contributed by atoms with Crippen LogP contribution in [0.3, 0.4) is 0 Å². The molecule has 0 bridgehead atoms. The number of oxime groups is 1. The molecule has 1 saturated heterocycles. The van der Waals surface area contributed by atoms with E-state index in [0.29, 0.717) is 19.3 Å². The number of amidine groups is 1. The van der Waals surface area contributed by atoms with Gasteiger partial charge in [0.25, 0.3) is 0 Å². The molecule has 1 unspecified atom stereocenters. The van der Waals surface area contributed by atoms with Crippen molar-refractivity contribution in [2.45, 2.75) is 39.2 Å². The summed E-state index contributed by atoms with van der Waals surface area (Å²) in [6, 6.07) is -0.337. The van der Waals surface area contributed by atoms with Gasteiger partial charge < -0.3 is 15.8 Å². The highest BCUT2D eigenvalue weighted by atomic mass is 32.2. The molecule has 1 aliphatic heterocycles. The van der Waals surface area contributed by atoms with Gasteiger partial charge in [-0.25, -0.2) is 8.42 Å². The van der Waals surface area contributed by atoms with Gasteiger partial charge in [0.1, 0.15) is 5.41 Å². The number of amides is 1. The molecule has 1 atom stereocenters. The van der Waals surface area contributed by atoms with Gasteiger partial charge in [-0.15, -0.1) is 0 Å². The first kappa shape index (κ1) is 16.7. The number of carbonyl (C=O) groups excluding carboxylic acids is 1. The summed E-state index contributed by atoms with van der Waals surface area (Å²) in [5.41, 5.74) is 4.62. The highest BCUT2D eigenvalue weighted by Gasteiger charge is 2.44. The average Bonchev–Trinajstić information content (AvgIpc) is 2.79. The first-order valence-corrected chi connectivity index (χ1v) is 8.52. The molecule has 0 aromatic carbocycles. The van der Waals surface area contributed by atoms with E-state index >= 15 is 0 Å². The topological polar surface area (TPSA) is 113 Å². The summed E-state index contributed by atoms with van der Waals surface area (Å²) < 4.78 is 23.0. The molecule has 1 amide bonds. The van der Waals surface area contributed by atoms with Gasteiger partial charge in [-0.1, -0.05) is 19.0 Å². The number of carbonyl (C=O) groups is 1.